The van der Waals surface area contributed by atoms with Crippen LogP contribution in [0.5, 0.6) is 0 Å². The number of halogens is 2. The summed E-state index contributed by atoms with van der Waals surface area (Å²) in [7, 11) is -3.86. The van der Waals surface area contributed by atoms with E-state index in [-0.39, 0.29) is 10.2 Å². The molecule has 2 rings (SSSR count). The maximum absolute atomic E-state index is 13.9. The first kappa shape index (κ1) is 15.7. The summed E-state index contributed by atoms with van der Waals surface area (Å²) >= 11 is 2.96. The minimum Gasteiger partial charge on any atom is -0.399 e. The van der Waals surface area contributed by atoms with E-state index in [9.17, 15) is 12.8 Å². The van der Waals surface area contributed by atoms with Gasteiger partial charge < -0.3 is 5.73 Å². The van der Waals surface area contributed by atoms with E-state index in [1.54, 1.807) is 0 Å². The number of nitrogens with two attached hydrogens (primary N) is 1. The van der Waals surface area contributed by atoms with Crippen molar-refractivity contribution < 1.29 is 12.8 Å². The minimum atomic E-state index is -3.86. The Bertz CT molecular complexity index is 586. The highest BCUT2D eigenvalue weighted by atomic mass is 79.9. The van der Waals surface area contributed by atoms with Crippen molar-refractivity contribution in [3.05, 3.63) is 22.4 Å². The van der Waals surface area contributed by atoms with E-state index in [0.717, 1.165) is 25.3 Å². The maximum atomic E-state index is 13.9. The van der Waals surface area contributed by atoms with Gasteiger partial charge >= 0.3 is 0 Å². The van der Waals surface area contributed by atoms with Crippen LogP contribution in [0.2, 0.25) is 0 Å². The Kier molecular flexibility index (Phi) is 5.04. The SMILES string of the molecule is Nc1cc(Br)c(F)c(S(=O)(=O)NCCC2CCCC2)c1. The van der Waals surface area contributed by atoms with Crippen LogP contribution in [-0.4, -0.2) is 15.0 Å². The van der Waals surface area contributed by atoms with Gasteiger partial charge in [-0.25, -0.2) is 17.5 Å². The predicted molar refractivity (Wildman–Crippen MR) is 80.3 cm³/mol. The van der Waals surface area contributed by atoms with Gasteiger partial charge in [-0.3, -0.25) is 0 Å². The van der Waals surface area contributed by atoms with Crippen molar-refractivity contribution in [1.29, 1.82) is 0 Å². The Morgan fingerprint density at radius 3 is 2.65 bits per heavy atom. The van der Waals surface area contributed by atoms with Crippen LogP contribution in [0.1, 0.15) is 32.1 Å². The molecule has 3 N–H and O–H groups in total. The summed E-state index contributed by atoms with van der Waals surface area (Å²) < 4.78 is 40.6. The van der Waals surface area contributed by atoms with Crippen molar-refractivity contribution in [2.45, 2.75) is 37.0 Å². The lowest BCUT2D eigenvalue weighted by Gasteiger charge is -2.12. The molecule has 0 aliphatic heterocycles. The van der Waals surface area contributed by atoms with Gasteiger partial charge in [-0.15, -0.1) is 0 Å². The Labute approximate surface area is 127 Å². The molecule has 0 aromatic heterocycles. The van der Waals surface area contributed by atoms with Gasteiger partial charge in [0.1, 0.15) is 4.90 Å². The van der Waals surface area contributed by atoms with Crippen LogP contribution in [0.3, 0.4) is 0 Å². The lowest BCUT2D eigenvalue weighted by molar-refractivity contribution is 0.494. The van der Waals surface area contributed by atoms with E-state index >= 15 is 0 Å². The molecule has 0 atom stereocenters. The first-order valence-electron chi connectivity index (χ1n) is 6.64. The molecule has 0 saturated heterocycles. The summed E-state index contributed by atoms with van der Waals surface area (Å²) in [5.74, 6) is -0.234. The molecule has 1 aliphatic rings. The molecule has 0 heterocycles. The molecule has 0 bridgehead atoms. The van der Waals surface area contributed by atoms with Gasteiger partial charge in [0.25, 0.3) is 0 Å². The third-order valence-corrected chi connectivity index (χ3v) is 5.66. The standard InChI is InChI=1S/C13H18BrFN2O2S/c14-11-7-10(16)8-12(13(11)15)20(18,19)17-6-5-9-3-1-2-4-9/h7-9,17H,1-6,16H2. The molecule has 0 amide bonds. The van der Waals surface area contributed by atoms with Gasteiger partial charge in [0, 0.05) is 12.2 Å². The molecule has 0 spiro atoms. The van der Waals surface area contributed by atoms with E-state index in [4.69, 9.17) is 5.73 Å². The number of nitrogens with one attached hydrogen (secondary N) is 1. The lowest BCUT2D eigenvalue weighted by Crippen LogP contribution is -2.27. The first-order chi connectivity index (χ1) is 9.40. The molecule has 4 nitrogen and oxygen atoms in total. The molecule has 1 fully saturated rings. The summed E-state index contributed by atoms with van der Waals surface area (Å²) in [6, 6.07) is 2.48. The van der Waals surface area contributed by atoms with Crippen molar-refractivity contribution in [3.8, 4) is 0 Å². The fourth-order valence-corrected chi connectivity index (χ4v) is 4.34. The van der Waals surface area contributed by atoms with Crippen molar-refractivity contribution in [3.63, 3.8) is 0 Å². The zero-order chi connectivity index (χ0) is 14.8. The normalized spacial score (nSPS) is 16.7. The third kappa shape index (κ3) is 3.71. The third-order valence-electron chi connectivity index (χ3n) is 3.63. The van der Waals surface area contributed by atoms with Crippen LogP contribution in [-0.2, 0) is 10.0 Å². The molecular weight excluding hydrogens is 347 g/mol. The van der Waals surface area contributed by atoms with E-state index in [2.05, 4.69) is 20.7 Å². The van der Waals surface area contributed by atoms with Crippen LogP contribution in [0, 0.1) is 11.7 Å². The molecule has 1 aromatic rings. The second kappa shape index (κ2) is 6.41. The van der Waals surface area contributed by atoms with Crippen molar-refractivity contribution >= 4 is 31.6 Å². The minimum absolute atomic E-state index is 0.0497. The second-order valence-electron chi connectivity index (χ2n) is 5.15. The summed E-state index contributed by atoms with van der Waals surface area (Å²) in [5, 5.41) is 0. The number of nitrogen functional groups attached to an aromatic ring is 1. The summed E-state index contributed by atoms with van der Waals surface area (Å²) in [5.41, 5.74) is 5.77. The van der Waals surface area contributed by atoms with E-state index in [1.807, 2.05) is 0 Å². The van der Waals surface area contributed by atoms with Gasteiger partial charge in [0.2, 0.25) is 10.0 Å². The average Bonchev–Trinajstić information content (AvgIpc) is 2.86. The van der Waals surface area contributed by atoms with Gasteiger partial charge in [-0.1, -0.05) is 25.7 Å². The smallest absolute Gasteiger partial charge is 0.243 e. The molecule has 7 heteroatoms. The Balaban J connectivity index is 2.06. The molecule has 1 aromatic carbocycles. The lowest BCUT2D eigenvalue weighted by atomic mass is 10.1. The fourth-order valence-electron chi connectivity index (χ4n) is 2.55. The zero-order valence-corrected chi connectivity index (χ0v) is 13.4. The predicted octanol–water partition coefficient (Wildman–Crippen LogP) is 3.03. The fraction of sp³-hybridized carbons (Fsp3) is 0.538. The summed E-state index contributed by atoms with van der Waals surface area (Å²) in [4.78, 5) is -0.407. The molecule has 112 valence electrons. The summed E-state index contributed by atoms with van der Waals surface area (Å²) in [6.45, 7) is 0.332. The average molecular weight is 365 g/mol. The molecule has 1 aliphatic carbocycles. The van der Waals surface area contributed by atoms with Crippen LogP contribution in [0.25, 0.3) is 0 Å². The van der Waals surface area contributed by atoms with Crippen LogP contribution in [0.15, 0.2) is 21.5 Å². The first-order valence-corrected chi connectivity index (χ1v) is 8.92. The van der Waals surface area contributed by atoms with Crippen LogP contribution < -0.4 is 10.5 Å². The highest BCUT2D eigenvalue weighted by Gasteiger charge is 2.22. The number of hydrogen-bond acceptors (Lipinski definition) is 3. The highest BCUT2D eigenvalue weighted by molar-refractivity contribution is 9.10. The maximum Gasteiger partial charge on any atom is 0.243 e. The number of rotatable bonds is 5. The van der Waals surface area contributed by atoms with Gasteiger partial charge in [0.15, 0.2) is 5.82 Å². The second-order valence-corrected chi connectivity index (χ2v) is 7.74. The molecule has 1 saturated carbocycles. The van der Waals surface area contributed by atoms with Crippen molar-refractivity contribution in [2.24, 2.45) is 5.92 Å². The van der Waals surface area contributed by atoms with E-state index in [0.29, 0.717) is 12.5 Å². The Hall–Kier alpha value is -0.660. The number of sulfonamides is 1. The number of hydrogen-bond donors (Lipinski definition) is 2. The van der Waals surface area contributed by atoms with Crippen molar-refractivity contribution in [2.75, 3.05) is 12.3 Å². The van der Waals surface area contributed by atoms with E-state index < -0.39 is 20.7 Å². The number of anilines is 1. The topological polar surface area (TPSA) is 72.2 Å². The van der Waals surface area contributed by atoms with Gasteiger partial charge in [-0.2, -0.15) is 0 Å². The monoisotopic (exact) mass is 364 g/mol. The van der Waals surface area contributed by atoms with Gasteiger partial charge in [-0.05, 0) is 40.4 Å². The van der Waals surface area contributed by atoms with Crippen molar-refractivity contribution in [1.82, 2.24) is 4.72 Å². The Morgan fingerprint density at radius 2 is 2.00 bits per heavy atom. The molecular formula is C13H18BrFN2O2S. The Morgan fingerprint density at radius 1 is 1.35 bits per heavy atom. The highest BCUT2D eigenvalue weighted by Crippen LogP contribution is 2.28. The molecule has 0 unspecified atom stereocenters. The quantitative estimate of drug-likeness (QED) is 0.788. The van der Waals surface area contributed by atoms with Crippen LogP contribution >= 0.6 is 15.9 Å². The summed E-state index contributed by atoms with van der Waals surface area (Å²) in [6.07, 6.45) is 5.53. The molecule has 20 heavy (non-hydrogen) atoms. The largest absolute Gasteiger partial charge is 0.399 e. The van der Waals surface area contributed by atoms with E-state index in [1.165, 1.54) is 18.9 Å². The van der Waals surface area contributed by atoms with Gasteiger partial charge in [0.05, 0.1) is 4.47 Å². The molecule has 0 radical (unpaired) electrons. The zero-order valence-electron chi connectivity index (χ0n) is 11.0. The number of benzene rings is 1. The van der Waals surface area contributed by atoms with Crippen LogP contribution in [0.4, 0.5) is 10.1 Å².